The number of hydrogen-bond donors (Lipinski definition) is 2. The number of para-hydroxylation sites is 1. The Kier molecular flexibility index (Phi) is 4.62. The Morgan fingerprint density at radius 1 is 1.41 bits per heavy atom. The van der Waals surface area contributed by atoms with Crippen LogP contribution in [0.25, 0.3) is 0 Å². The second kappa shape index (κ2) is 5.76. The summed E-state index contributed by atoms with van der Waals surface area (Å²) in [6.07, 6.45) is 0.107. The Morgan fingerprint density at radius 3 is 2.65 bits per heavy atom. The van der Waals surface area contributed by atoms with Crippen LogP contribution in [0.4, 0.5) is 5.69 Å². The molecule has 0 aromatic heterocycles. The lowest BCUT2D eigenvalue weighted by Crippen LogP contribution is -2.15. The van der Waals surface area contributed by atoms with Gasteiger partial charge in [-0.25, -0.2) is 0 Å². The lowest BCUT2D eigenvalue weighted by Gasteiger charge is -2.08. The Bertz CT molecular complexity index is 497. The van der Waals surface area contributed by atoms with Crippen LogP contribution in [0.2, 0.25) is 0 Å². The quantitative estimate of drug-likeness (QED) is 0.767. The first-order chi connectivity index (χ1) is 7.95. The summed E-state index contributed by atoms with van der Waals surface area (Å²) < 4.78 is 35.7. The summed E-state index contributed by atoms with van der Waals surface area (Å²) in [6.45, 7) is 0.236. The zero-order valence-electron chi connectivity index (χ0n) is 9.21. The molecule has 0 aliphatic rings. The van der Waals surface area contributed by atoms with Gasteiger partial charge in [-0.1, -0.05) is 12.1 Å². The number of hydrogen-bond acceptors (Lipinski definition) is 4. The molecule has 0 heterocycles. The van der Waals surface area contributed by atoms with Crippen LogP contribution in [-0.2, 0) is 19.6 Å². The summed E-state index contributed by atoms with van der Waals surface area (Å²) in [7, 11) is -2.89. The van der Waals surface area contributed by atoms with E-state index in [1.165, 1.54) is 25.3 Å². The minimum Gasteiger partial charge on any atom is -0.384 e. The molecule has 0 atom stereocenters. The number of ether oxygens (including phenoxy) is 1. The zero-order chi connectivity index (χ0) is 12.9. The first-order valence-corrected chi connectivity index (χ1v) is 6.24. The van der Waals surface area contributed by atoms with Crippen molar-refractivity contribution in [2.24, 2.45) is 0 Å². The van der Waals surface area contributed by atoms with Crippen LogP contribution in [0.5, 0.6) is 0 Å². The highest BCUT2D eigenvalue weighted by Crippen LogP contribution is 2.20. The highest BCUT2D eigenvalue weighted by atomic mass is 32.2. The van der Waals surface area contributed by atoms with Gasteiger partial charge in [-0.3, -0.25) is 9.35 Å². The fourth-order valence-electron chi connectivity index (χ4n) is 1.20. The minimum atomic E-state index is -4.35. The third kappa shape index (κ3) is 4.14. The van der Waals surface area contributed by atoms with E-state index in [0.717, 1.165) is 0 Å². The van der Waals surface area contributed by atoms with Crippen molar-refractivity contribution in [2.75, 3.05) is 19.0 Å². The van der Waals surface area contributed by atoms with Crippen LogP contribution in [0.15, 0.2) is 29.2 Å². The largest absolute Gasteiger partial charge is 0.384 e. The number of carbonyl (C=O) groups excluding carboxylic acids is 1. The highest BCUT2D eigenvalue weighted by Gasteiger charge is 2.15. The number of rotatable bonds is 5. The normalized spacial score (nSPS) is 11.2. The second-order valence-electron chi connectivity index (χ2n) is 3.26. The number of methoxy groups -OCH3 is 1. The summed E-state index contributed by atoms with van der Waals surface area (Å²) in [4.78, 5) is 11.1. The number of amides is 1. The van der Waals surface area contributed by atoms with Gasteiger partial charge >= 0.3 is 0 Å². The van der Waals surface area contributed by atoms with Gasteiger partial charge < -0.3 is 10.1 Å². The van der Waals surface area contributed by atoms with Gasteiger partial charge in [-0.05, 0) is 12.1 Å². The van der Waals surface area contributed by atoms with Gasteiger partial charge in [0.15, 0.2) is 0 Å². The molecule has 0 radical (unpaired) electrons. The van der Waals surface area contributed by atoms with E-state index in [2.05, 4.69) is 5.32 Å². The van der Waals surface area contributed by atoms with Crippen molar-refractivity contribution in [3.05, 3.63) is 24.3 Å². The third-order valence-electron chi connectivity index (χ3n) is 1.97. The fraction of sp³-hybridized carbons (Fsp3) is 0.300. The maximum atomic E-state index is 11.4. The first-order valence-electron chi connectivity index (χ1n) is 4.80. The molecular formula is C10H13NO5S. The highest BCUT2D eigenvalue weighted by molar-refractivity contribution is 7.86. The van der Waals surface area contributed by atoms with Crippen molar-refractivity contribution in [1.82, 2.24) is 0 Å². The SMILES string of the molecule is COCCC(=O)Nc1ccccc1S(=O)(=O)O. The Morgan fingerprint density at radius 2 is 2.06 bits per heavy atom. The molecule has 0 aliphatic heterocycles. The number of carbonyl (C=O) groups is 1. The van der Waals surface area contributed by atoms with Crippen LogP contribution in [0, 0.1) is 0 Å². The zero-order valence-corrected chi connectivity index (χ0v) is 10.0. The van der Waals surface area contributed by atoms with Crippen LogP contribution in [-0.4, -0.2) is 32.6 Å². The van der Waals surface area contributed by atoms with E-state index in [9.17, 15) is 13.2 Å². The van der Waals surface area contributed by atoms with E-state index in [-0.39, 0.29) is 29.5 Å². The molecular weight excluding hydrogens is 246 g/mol. The van der Waals surface area contributed by atoms with E-state index in [1.54, 1.807) is 6.07 Å². The van der Waals surface area contributed by atoms with E-state index >= 15 is 0 Å². The molecule has 6 nitrogen and oxygen atoms in total. The van der Waals surface area contributed by atoms with E-state index in [0.29, 0.717) is 0 Å². The average molecular weight is 259 g/mol. The molecule has 0 saturated carbocycles. The molecule has 17 heavy (non-hydrogen) atoms. The van der Waals surface area contributed by atoms with Gasteiger partial charge in [-0.15, -0.1) is 0 Å². The fourth-order valence-corrected chi connectivity index (χ4v) is 1.85. The number of benzene rings is 1. The lowest BCUT2D eigenvalue weighted by atomic mass is 10.3. The maximum absolute atomic E-state index is 11.4. The summed E-state index contributed by atoms with van der Waals surface area (Å²) in [5.41, 5.74) is 0.0519. The van der Waals surface area contributed by atoms with E-state index < -0.39 is 10.1 Å². The van der Waals surface area contributed by atoms with Crippen molar-refractivity contribution in [3.8, 4) is 0 Å². The molecule has 7 heteroatoms. The molecule has 94 valence electrons. The summed E-state index contributed by atoms with van der Waals surface area (Å²) in [6, 6.07) is 5.61. The van der Waals surface area contributed by atoms with Gasteiger partial charge in [0.25, 0.3) is 10.1 Å². The monoisotopic (exact) mass is 259 g/mol. The molecule has 0 bridgehead atoms. The second-order valence-corrected chi connectivity index (χ2v) is 4.65. The maximum Gasteiger partial charge on any atom is 0.296 e. The predicted molar refractivity (Wildman–Crippen MR) is 61.4 cm³/mol. The van der Waals surface area contributed by atoms with Gasteiger partial charge in [0.2, 0.25) is 5.91 Å². The smallest absolute Gasteiger partial charge is 0.296 e. The number of anilines is 1. The molecule has 1 aromatic rings. The number of nitrogens with one attached hydrogen (secondary N) is 1. The van der Waals surface area contributed by atoms with Crippen LogP contribution in [0.1, 0.15) is 6.42 Å². The van der Waals surface area contributed by atoms with Gasteiger partial charge in [0.05, 0.1) is 18.7 Å². The third-order valence-corrected chi connectivity index (χ3v) is 2.88. The molecule has 0 aliphatic carbocycles. The Balaban J connectivity index is 2.88. The summed E-state index contributed by atoms with van der Waals surface area (Å²) in [5, 5.41) is 2.39. The predicted octanol–water partition coefficient (Wildman–Crippen LogP) is 0.908. The summed E-state index contributed by atoms with van der Waals surface area (Å²) >= 11 is 0. The molecule has 2 N–H and O–H groups in total. The first kappa shape index (κ1) is 13.6. The van der Waals surface area contributed by atoms with Crippen molar-refractivity contribution in [1.29, 1.82) is 0 Å². The van der Waals surface area contributed by atoms with Crippen molar-refractivity contribution >= 4 is 21.7 Å². The summed E-state index contributed by atoms with van der Waals surface area (Å²) in [5.74, 6) is -0.386. The van der Waals surface area contributed by atoms with E-state index in [1.807, 2.05) is 0 Å². The minimum absolute atomic E-state index is 0.0519. The topological polar surface area (TPSA) is 92.7 Å². The molecule has 0 unspecified atom stereocenters. The van der Waals surface area contributed by atoms with Crippen molar-refractivity contribution in [3.63, 3.8) is 0 Å². The van der Waals surface area contributed by atoms with Crippen LogP contribution in [0.3, 0.4) is 0 Å². The van der Waals surface area contributed by atoms with Crippen molar-refractivity contribution < 1.29 is 22.5 Å². The standard InChI is InChI=1S/C10H13NO5S/c1-16-7-6-10(12)11-8-4-2-3-5-9(8)17(13,14)15/h2-5H,6-7H2,1H3,(H,11,12)(H,13,14,15). The molecule has 1 amide bonds. The van der Waals surface area contributed by atoms with Gasteiger partial charge in [0, 0.05) is 7.11 Å². The van der Waals surface area contributed by atoms with Crippen molar-refractivity contribution in [2.45, 2.75) is 11.3 Å². The van der Waals surface area contributed by atoms with Gasteiger partial charge in [0.1, 0.15) is 4.90 Å². The Labute approximate surface area is 99.3 Å². The lowest BCUT2D eigenvalue weighted by molar-refractivity contribution is -0.117. The van der Waals surface area contributed by atoms with E-state index in [4.69, 9.17) is 9.29 Å². The molecule has 1 rings (SSSR count). The molecule has 1 aromatic carbocycles. The Hall–Kier alpha value is -1.44. The molecule has 0 spiro atoms. The van der Waals surface area contributed by atoms with Crippen LogP contribution < -0.4 is 5.32 Å². The average Bonchev–Trinajstić information content (AvgIpc) is 2.25. The molecule has 0 fully saturated rings. The van der Waals surface area contributed by atoms with Gasteiger partial charge in [-0.2, -0.15) is 8.42 Å². The van der Waals surface area contributed by atoms with Crippen LogP contribution >= 0.6 is 0 Å². The molecule has 0 saturated heterocycles.